The van der Waals surface area contributed by atoms with Crippen LogP contribution in [0.3, 0.4) is 0 Å². The lowest BCUT2D eigenvalue weighted by Crippen LogP contribution is -2.20. The van der Waals surface area contributed by atoms with E-state index in [1.165, 1.54) is 0 Å². The maximum absolute atomic E-state index is 5.74. The van der Waals surface area contributed by atoms with E-state index in [0.29, 0.717) is 5.69 Å². The van der Waals surface area contributed by atoms with Crippen molar-refractivity contribution in [2.45, 2.75) is 0 Å². The van der Waals surface area contributed by atoms with E-state index >= 15 is 0 Å². The molecule has 0 saturated heterocycles. The van der Waals surface area contributed by atoms with Crippen LogP contribution in [-0.2, 0) is 0 Å². The standard InChI is InChI=1S/C11H19N3O/c1-14(2)5-4-13-10-6-9(12)7-11(8-10)15-3/h6-8,13H,4-5,12H2,1-3H3. The van der Waals surface area contributed by atoms with Crippen LogP contribution >= 0.6 is 0 Å². The molecule has 0 amide bonds. The molecule has 1 rings (SSSR count). The van der Waals surface area contributed by atoms with Crippen molar-refractivity contribution in [2.75, 3.05) is 45.3 Å². The molecular formula is C11H19N3O. The molecular weight excluding hydrogens is 190 g/mol. The average molecular weight is 209 g/mol. The number of nitrogens with two attached hydrogens (primary N) is 1. The number of nitrogens with zero attached hydrogens (tertiary/aromatic N) is 1. The SMILES string of the molecule is COc1cc(N)cc(NCCN(C)C)c1. The Morgan fingerprint density at radius 2 is 2.07 bits per heavy atom. The number of likely N-dealkylation sites (N-methyl/N-ethyl adjacent to an activating group) is 1. The fraction of sp³-hybridized carbons (Fsp3) is 0.455. The van der Waals surface area contributed by atoms with E-state index < -0.39 is 0 Å². The predicted octanol–water partition coefficient (Wildman–Crippen LogP) is 1.25. The summed E-state index contributed by atoms with van der Waals surface area (Å²) >= 11 is 0. The van der Waals surface area contributed by atoms with Gasteiger partial charge in [0.1, 0.15) is 5.75 Å². The van der Waals surface area contributed by atoms with Gasteiger partial charge in [-0.15, -0.1) is 0 Å². The number of nitrogens with one attached hydrogen (secondary N) is 1. The average Bonchev–Trinajstić information content (AvgIpc) is 2.16. The highest BCUT2D eigenvalue weighted by atomic mass is 16.5. The number of rotatable bonds is 5. The van der Waals surface area contributed by atoms with Crippen molar-refractivity contribution in [3.8, 4) is 5.75 Å². The zero-order chi connectivity index (χ0) is 11.3. The molecule has 0 bridgehead atoms. The maximum atomic E-state index is 5.74. The number of ether oxygens (including phenoxy) is 1. The normalized spacial score (nSPS) is 10.4. The number of anilines is 2. The highest BCUT2D eigenvalue weighted by Gasteiger charge is 1.98. The van der Waals surface area contributed by atoms with E-state index in [0.717, 1.165) is 24.5 Å². The fourth-order valence-corrected chi connectivity index (χ4v) is 1.27. The number of hydrogen-bond acceptors (Lipinski definition) is 4. The largest absolute Gasteiger partial charge is 0.497 e. The summed E-state index contributed by atoms with van der Waals surface area (Å²) in [7, 11) is 5.72. The lowest BCUT2D eigenvalue weighted by molar-refractivity contribution is 0.415. The topological polar surface area (TPSA) is 50.5 Å². The smallest absolute Gasteiger partial charge is 0.122 e. The van der Waals surface area contributed by atoms with E-state index in [1.54, 1.807) is 13.2 Å². The Balaban J connectivity index is 2.56. The first-order chi connectivity index (χ1) is 7.11. The first-order valence-electron chi connectivity index (χ1n) is 4.95. The second-order valence-electron chi connectivity index (χ2n) is 3.72. The van der Waals surface area contributed by atoms with Crippen LogP contribution < -0.4 is 15.8 Å². The summed E-state index contributed by atoms with van der Waals surface area (Å²) < 4.78 is 5.13. The third kappa shape index (κ3) is 4.08. The van der Waals surface area contributed by atoms with Crippen LogP contribution in [0.5, 0.6) is 5.75 Å². The van der Waals surface area contributed by atoms with Crippen molar-refractivity contribution in [1.29, 1.82) is 0 Å². The molecule has 0 atom stereocenters. The van der Waals surface area contributed by atoms with Crippen molar-refractivity contribution in [3.63, 3.8) is 0 Å². The highest BCUT2D eigenvalue weighted by Crippen LogP contribution is 2.21. The molecule has 0 aromatic heterocycles. The highest BCUT2D eigenvalue weighted by molar-refractivity contribution is 5.59. The minimum absolute atomic E-state index is 0.710. The van der Waals surface area contributed by atoms with Gasteiger partial charge in [0.15, 0.2) is 0 Å². The molecule has 4 heteroatoms. The third-order valence-corrected chi connectivity index (χ3v) is 2.05. The summed E-state index contributed by atoms with van der Waals surface area (Å²) in [6.07, 6.45) is 0. The molecule has 84 valence electrons. The van der Waals surface area contributed by atoms with E-state index in [4.69, 9.17) is 10.5 Å². The molecule has 3 N–H and O–H groups in total. The van der Waals surface area contributed by atoms with Gasteiger partial charge in [0, 0.05) is 36.6 Å². The van der Waals surface area contributed by atoms with Crippen molar-refractivity contribution < 1.29 is 4.74 Å². The minimum atomic E-state index is 0.710. The Labute approximate surface area is 91.0 Å². The second kappa shape index (κ2) is 5.46. The fourth-order valence-electron chi connectivity index (χ4n) is 1.27. The van der Waals surface area contributed by atoms with Crippen LogP contribution in [0.4, 0.5) is 11.4 Å². The molecule has 0 aliphatic heterocycles. The van der Waals surface area contributed by atoms with Crippen LogP contribution in [0.1, 0.15) is 0 Å². The van der Waals surface area contributed by atoms with E-state index in [-0.39, 0.29) is 0 Å². The van der Waals surface area contributed by atoms with Crippen LogP contribution in [0.2, 0.25) is 0 Å². The molecule has 4 nitrogen and oxygen atoms in total. The molecule has 0 radical (unpaired) electrons. The Bertz CT molecular complexity index is 313. The summed E-state index contributed by atoms with van der Waals surface area (Å²) in [5.74, 6) is 0.780. The van der Waals surface area contributed by atoms with Gasteiger partial charge in [-0.25, -0.2) is 0 Å². The lowest BCUT2D eigenvalue weighted by atomic mass is 10.2. The molecule has 0 aliphatic carbocycles. The summed E-state index contributed by atoms with van der Waals surface area (Å²) in [6.45, 7) is 1.87. The minimum Gasteiger partial charge on any atom is -0.497 e. The summed E-state index contributed by atoms with van der Waals surface area (Å²) in [4.78, 5) is 2.12. The van der Waals surface area contributed by atoms with Crippen molar-refractivity contribution >= 4 is 11.4 Å². The second-order valence-corrected chi connectivity index (χ2v) is 3.72. The molecule has 0 heterocycles. The number of nitrogen functional groups attached to an aromatic ring is 1. The van der Waals surface area contributed by atoms with Crippen molar-refractivity contribution in [1.82, 2.24) is 4.90 Å². The number of methoxy groups -OCH3 is 1. The molecule has 0 aliphatic rings. The van der Waals surface area contributed by atoms with Gasteiger partial charge < -0.3 is 20.7 Å². The van der Waals surface area contributed by atoms with Gasteiger partial charge >= 0.3 is 0 Å². The molecule has 0 unspecified atom stereocenters. The van der Waals surface area contributed by atoms with Crippen molar-refractivity contribution in [3.05, 3.63) is 18.2 Å². The Morgan fingerprint density at radius 3 is 2.67 bits per heavy atom. The molecule has 1 aromatic carbocycles. The first kappa shape index (κ1) is 11.7. The zero-order valence-electron chi connectivity index (χ0n) is 9.58. The maximum Gasteiger partial charge on any atom is 0.122 e. The van der Waals surface area contributed by atoms with Crippen LogP contribution in [0.15, 0.2) is 18.2 Å². The van der Waals surface area contributed by atoms with E-state index in [1.807, 2.05) is 26.2 Å². The van der Waals surface area contributed by atoms with Gasteiger partial charge in [-0.1, -0.05) is 0 Å². The Kier molecular flexibility index (Phi) is 4.24. The predicted molar refractivity (Wildman–Crippen MR) is 64.5 cm³/mol. The van der Waals surface area contributed by atoms with Gasteiger partial charge in [0.05, 0.1) is 7.11 Å². The first-order valence-corrected chi connectivity index (χ1v) is 4.95. The van der Waals surface area contributed by atoms with Crippen LogP contribution in [0.25, 0.3) is 0 Å². The molecule has 15 heavy (non-hydrogen) atoms. The van der Waals surface area contributed by atoms with Crippen LogP contribution in [0, 0.1) is 0 Å². The zero-order valence-corrected chi connectivity index (χ0v) is 9.58. The number of benzene rings is 1. The molecule has 0 fully saturated rings. The van der Waals surface area contributed by atoms with Crippen molar-refractivity contribution in [2.24, 2.45) is 0 Å². The summed E-state index contributed by atoms with van der Waals surface area (Å²) in [6, 6.07) is 5.64. The quantitative estimate of drug-likeness (QED) is 0.717. The van der Waals surface area contributed by atoms with Gasteiger partial charge in [-0.2, -0.15) is 0 Å². The van der Waals surface area contributed by atoms with E-state index in [9.17, 15) is 0 Å². The monoisotopic (exact) mass is 209 g/mol. The number of hydrogen-bond donors (Lipinski definition) is 2. The Hall–Kier alpha value is -1.42. The lowest BCUT2D eigenvalue weighted by Gasteiger charge is -2.12. The van der Waals surface area contributed by atoms with Gasteiger partial charge in [-0.05, 0) is 20.2 Å². The van der Waals surface area contributed by atoms with Gasteiger partial charge in [0.25, 0.3) is 0 Å². The van der Waals surface area contributed by atoms with Gasteiger partial charge in [-0.3, -0.25) is 0 Å². The summed E-state index contributed by atoms with van der Waals surface area (Å²) in [5, 5.41) is 3.29. The third-order valence-electron chi connectivity index (χ3n) is 2.05. The Morgan fingerprint density at radius 1 is 1.33 bits per heavy atom. The molecule has 1 aromatic rings. The van der Waals surface area contributed by atoms with E-state index in [2.05, 4.69) is 10.2 Å². The summed E-state index contributed by atoms with van der Waals surface area (Å²) in [5.41, 5.74) is 7.44. The van der Waals surface area contributed by atoms with Crippen LogP contribution in [-0.4, -0.2) is 39.2 Å². The molecule has 0 spiro atoms. The molecule has 0 saturated carbocycles. The van der Waals surface area contributed by atoms with Gasteiger partial charge in [0.2, 0.25) is 0 Å².